The summed E-state index contributed by atoms with van der Waals surface area (Å²) in [5, 5.41) is 0.926. The summed E-state index contributed by atoms with van der Waals surface area (Å²) in [6.45, 7) is 2.31. The molecular weight excluding hydrogens is 244 g/mol. The molecule has 2 saturated heterocycles. The van der Waals surface area contributed by atoms with Crippen molar-refractivity contribution in [1.82, 2.24) is 4.90 Å². The summed E-state index contributed by atoms with van der Waals surface area (Å²) in [5.74, 6) is 0.601. The Balaban J connectivity index is 1.73. The number of hydrogen-bond donors (Lipinski definition) is 1. The Morgan fingerprint density at radius 2 is 2.00 bits per heavy atom. The average molecular weight is 265 g/mol. The third kappa shape index (κ3) is 2.42. The van der Waals surface area contributed by atoms with Gasteiger partial charge < -0.3 is 5.73 Å². The minimum Gasteiger partial charge on any atom is -0.328 e. The molecule has 2 heterocycles. The van der Waals surface area contributed by atoms with Crippen LogP contribution in [0, 0.1) is 0 Å². The van der Waals surface area contributed by atoms with E-state index in [4.69, 9.17) is 17.3 Å². The van der Waals surface area contributed by atoms with Crippen LogP contribution in [0.3, 0.4) is 0 Å². The maximum atomic E-state index is 6.32. The number of nitrogens with zero attached hydrogens (tertiary/aromatic N) is 1. The molecule has 2 aliphatic heterocycles. The molecule has 1 aromatic carbocycles. The van der Waals surface area contributed by atoms with Crippen molar-refractivity contribution in [3.8, 4) is 0 Å². The highest BCUT2D eigenvalue weighted by Crippen LogP contribution is 2.36. The molecule has 0 saturated carbocycles. The molecule has 0 aromatic heterocycles. The fourth-order valence-electron chi connectivity index (χ4n) is 3.50. The van der Waals surface area contributed by atoms with Gasteiger partial charge in [-0.1, -0.05) is 29.8 Å². The molecule has 3 heteroatoms. The zero-order valence-electron chi connectivity index (χ0n) is 10.7. The van der Waals surface area contributed by atoms with E-state index >= 15 is 0 Å². The van der Waals surface area contributed by atoms with Gasteiger partial charge in [-0.15, -0.1) is 0 Å². The molecule has 0 spiro atoms. The molecule has 0 bridgehead atoms. The maximum Gasteiger partial charge on any atom is 0.0441 e. The minimum absolute atomic E-state index is 0.420. The summed E-state index contributed by atoms with van der Waals surface area (Å²) in [6.07, 6.45) is 4.84. The van der Waals surface area contributed by atoms with Crippen LogP contribution in [-0.2, 0) is 0 Å². The molecule has 3 rings (SSSR count). The lowest BCUT2D eigenvalue weighted by molar-refractivity contribution is 0.0867. The molecule has 2 fully saturated rings. The Kier molecular flexibility index (Phi) is 3.60. The van der Waals surface area contributed by atoms with Gasteiger partial charge in [0.15, 0.2) is 0 Å². The summed E-state index contributed by atoms with van der Waals surface area (Å²) >= 11 is 6.32. The second-order valence-corrected chi connectivity index (χ2v) is 6.14. The van der Waals surface area contributed by atoms with Crippen LogP contribution in [0.5, 0.6) is 0 Å². The summed E-state index contributed by atoms with van der Waals surface area (Å²) in [7, 11) is 0. The quantitative estimate of drug-likeness (QED) is 0.845. The molecule has 98 valence electrons. The number of piperidine rings is 2. The Labute approximate surface area is 114 Å². The van der Waals surface area contributed by atoms with Crippen LogP contribution in [0.1, 0.15) is 37.2 Å². The van der Waals surface area contributed by atoms with Crippen molar-refractivity contribution in [1.29, 1.82) is 0 Å². The molecule has 0 unspecified atom stereocenters. The van der Waals surface area contributed by atoms with Gasteiger partial charge >= 0.3 is 0 Å². The number of rotatable bonds is 1. The molecule has 18 heavy (non-hydrogen) atoms. The molecule has 0 radical (unpaired) electrons. The monoisotopic (exact) mass is 264 g/mol. The lowest BCUT2D eigenvalue weighted by Gasteiger charge is -2.44. The lowest BCUT2D eigenvalue weighted by atomic mass is 9.83. The Morgan fingerprint density at radius 1 is 1.17 bits per heavy atom. The van der Waals surface area contributed by atoms with Crippen LogP contribution in [0.15, 0.2) is 24.3 Å². The Bertz CT molecular complexity index is 421. The predicted molar refractivity (Wildman–Crippen MR) is 76.0 cm³/mol. The van der Waals surface area contributed by atoms with Crippen molar-refractivity contribution in [3.05, 3.63) is 34.9 Å². The number of benzene rings is 1. The molecule has 2 N–H and O–H groups in total. The van der Waals surface area contributed by atoms with Gasteiger partial charge in [0.05, 0.1) is 0 Å². The van der Waals surface area contributed by atoms with Crippen molar-refractivity contribution in [2.75, 3.05) is 13.1 Å². The van der Waals surface area contributed by atoms with Crippen LogP contribution in [0.4, 0.5) is 0 Å². The molecule has 3 atom stereocenters. The van der Waals surface area contributed by atoms with Crippen LogP contribution in [-0.4, -0.2) is 30.1 Å². The van der Waals surface area contributed by atoms with E-state index in [1.165, 1.54) is 24.8 Å². The summed E-state index contributed by atoms with van der Waals surface area (Å²) in [4.78, 5) is 2.63. The van der Waals surface area contributed by atoms with E-state index in [1.54, 1.807) is 0 Å². The first-order valence-electron chi connectivity index (χ1n) is 6.98. The average Bonchev–Trinajstić information content (AvgIpc) is 2.39. The van der Waals surface area contributed by atoms with Crippen LogP contribution >= 0.6 is 11.6 Å². The zero-order valence-corrected chi connectivity index (χ0v) is 11.4. The van der Waals surface area contributed by atoms with Crippen LogP contribution < -0.4 is 5.73 Å². The first-order chi connectivity index (χ1) is 8.74. The number of nitrogens with two attached hydrogens (primary N) is 1. The summed E-state index contributed by atoms with van der Waals surface area (Å²) in [5.41, 5.74) is 7.39. The fourth-order valence-corrected chi connectivity index (χ4v) is 3.79. The van der Waals surface area contributed by atoms with E-state index in [0.717, 1.165) is 24.5 Å². The second-order valence-electron chi connectivity index (χ2n) is 5.73. The van der Waals surface area contributed by atoms with Gasteiger partial charge in [0, 0.05) is 23.7 Å². The van der Waals surface area contributed by atoms with Crippen molar-refractivity contribution < 1.29 is 0 Å². The zero-order chi connectivity index (χ0) is 12.5. The lowest BCUT2D eigenvalue weighted by Crippen LogP contribution is -2.50. The number of hydrogen-bond acceptors (Lipinski definition) is 2. The van der Waals surface area contributed by atoms with Gasteiger partial charge in [-0.2, -0.15) is 0 Å². The van der Waals surface area contributed by atoms with Crippen molar-refractivity contribution in [2.45, 2.75) is 43.7 Å². The number of halogens is 1. The van der Waals surface area contributed by atoms with Crippen molar-refractivity contribution in [3.63, 3.8) is 0 Å². The molecule has 0 aliphatic carbocycles. The summed E-state index contributed by atoms with van der Waals surface area (Å²) < 4.78 is 0. The van der Waals surface area contributed by atoms with E-state index < -0.39 is 0 Å². The van der Waals surface area contributed by atoms with E-state index in [0.29, 0.717) is 18.0 Å². The highest BCUT2D eigenvalue weighted by atomic mass is 35.5. The van der Waals surface area contributed by atoms with Gasteiger partial charge in [-0.3, -0.25) is 4.90 Å². The molecule has 2 nitrogen and oxygen atoms in total. The maximum absolute atomic E-state index is 6.32. The molecule has 1 aromatic rings. The fraction of sp³-hybridized carbons (Fsp3) is 0.600. The molecular formula is C15H21ClN2. The van der Waals surface area contributed by atoms with Gasteiger partial charge in [0.25, 0.3) is 0 Å². The number of fused-ring (bicyclic) bond motifs is 1. The van der Waals surface area contributed by atoms with Crippen molar-refractivity contribution in [2.24, 2.45) is 5.73 Å². The van der Waals surface area contributed by atoms with Gasteiger partial charge in [-0.05, 0) is 49.8 Å². The van der Waals surface area contributed by atoms with Gasteiger partial charge in [0.1, 0.15) is 0 Å². The molecule has 2 aliphatic rings. The largest absolute Gasteiger partial charge is 0.328 e. The van der Waals surface area contributed by atoms with Gasteiger partial charge in [-0.25, -0.2) is 0 Å². The SMILES string of the molecule is N[C@H]1CCN2C[C@H](c3ccccc3Cl)CC[C@H]2C1. The predicted octanol–water partition coefficient (Wildman–Crippen LogP) is 3.01. The first-order valence-corrected chi connectivity index (χ1v) is 7.36. The van der Waals surface area contributed by atoms with Crippen LogP contribution in [0.25, 0.3) is 0 Å². The highest BCUT2D eigenvalue weighted by molar-refractivity contribution is 6.31. The smallest absolute Gasteiger partial charge is 0.0441 e. The summed E-state index contributed by atoms with van der Waals surface area (Å²) in [6, 6.07) is 9.44. The van der Waals surface area contributed by atoms with Crippen LogP contribution in [0.2, 0.25) is 5.02 Å². The van der Waals surface area contributed by atoms with E-state index in [9.17, 15) is 0 Å². The second kappa shape index (κ2) is 5.20. The Morgan fingerprint density at radius 3 is 2.83 bits per heavy atom. The topological polar surface area (TPSA) is 29.3 Å². The van der Waals surface area contributed by atoms with Gasteiger partial charge in [0.2, 0.25) is 0 Å². The normalized spacial score (nSPS) is 33.1. The van der Waals surface area contributed by atoms with Crippen molar-refractivity contribution >= 4 is 11.6 Å². The first kappa shape index (κ1) is 12.5. The third-order valence-electron chi connectivity index (χ3n) is 4.53. The van der Waals surface area contributed by atoms with E-state index in [1.807, 2.05) is 12.1 Å². The molecule has 0 amide bonds. The standard InChI is InChI=1S/C15H21ClN2/c16-15-4-2-1-3-14(15)11-5-6-13-9-12(17)7-8-18(13)10-11/h1-4,11-13H,5-10,17H2/t11-,12+,13+/m1/s1. The third-order valence-corrected chi connectivity index (χ3v) is 4.87. The Hall–Kier alpha value is -0.570. The minimum atomic E-state index is 0.420. The van der Waals surface area contributed by atoms with E-state index in [-0.39, 0.29) is 0 Å². The van der Waals surface area contributed by atoms with E-state index in [2.05, 4.69) is 17.0 Å². The highest BCUT2D eigenvalue weighted by Gasteiger charge is 2.33.